The van der Waals surface area contributed by atoms with E-state index in [-0.39, 0.29) is 13.2 Å². The maximum absolute atomic E-state index is 13.2. The van der Waals surface area contributed by atoms with Crippen molar-refractivity contribution in [2.45, 2.75) is 52.4 Å². The smallest absolute Gasteiger partial charge is 0.355 e. The van der Waals surface area contributed by atoms with Gasteiger partial charge in [0, 0.05) is 34.2 Å². The molecular weight excluding hydrogens is 562 g/mol. The summed E-state index contributed by atoms with van der Waals surface area (Å²) in [5.74, 6) is 0.457. The van der Waals surface area contributed by atoms with Gasteiger partial charge in [0.25, 0.3) is 0 Å². The first-order valence-corrected chi connectivity index (χ1v) is 15.4. The molecule has 43 heavy (non-hydrogen) atoms. The van der Waals surface area contributed by atoms with Crippen LogP contribution < -0.4 is 4.74 Å². The van der Waals surface area contributed by atoms with Gasteiger partial charge in [0.2, 0.25) is 0 Å². The zero-order valence-electron chi connectivity index (χ0n) is 24.7. The summed E-state index contributed by atoms with van der Waals surface area (Å²) < 4.78 is 11.7. The number of aromatic nitrogens is 3. The van der Waals surface area contributed by atoms with Crippen LogP contribution in [-0.2, 0) is 17.6 Å². The number of ether oxygens (including phenoxy) is 2. The van der Waals surface area contributed by atoms with Gasteiger partial charge < -0.3 is 19.6 Å². The van der Waals surface area contributed by atoms with Gasteiger partial charge in [-0.15, -0.1) is 0 Å². The Bertz CT molecular complexity index is 1730. The number of H-pyrrole nitrogens is 2. The quantitative estimate of drug-likeness (QED) is 0.0880. The number of hydrogen-bond donors (Lipinski definition) is 3. The number of unbranched alkanes of at least 4 members (excludes halogenated alkanes) is 2. The van der Waals surface area contributed by atoms with Crippen molar-refractivity contribution in [2.24, 2.45) is 0 Å². The maximum atomic E-state index is 13.2. The Hall–Kier alpha value is -4.07. The van der Waals surface area contributed by atoms with E-state index in [0.717, 1.165) is 81.2 Å². The van der Waals surface area contributed by atoms with Gasteiger partial charge >= 0.3 is 5.97 Å². The summed E-state index contributed by atoms with van der Waals surface area (Å²) in [7, 11) is 0. The Morgan fingerprint density at radius 1 is 1.00 bits per heavy atom. The lowest BCUT2D eigenvalue weighted by molar-refractivity contribution is 0.0519. The van der Waals surface area contributed by atoms with E-state index >= 15 is 0 Å². The molecule has 5 rings (SSSR count). The predicted molar refractivity (Wildman–Crippen MR) is 174 cm³/mol. The van der Waals surface area contributed by atoms with E-state index in [1.165, 1.54) is 0 Å². The average Bonchev–Trinajstić information content (AvgIpc) is 3.60. The monoisotopic (exact) mass is 599 g/mol. The molecule has 0 saturated heterocycles. The summed E-state index contributed by atoms with van der Waals surface area (Å²) in [6.07, 6.45) is 8.62. The molecule has 0 saturated carbocycles. The van der Waals surface area contributed by atoms with Gasteiger partial charge in [-0.05, 0) is 74.6 Å². The van der Waals surface area contributed by atoms with Crippen LogP contribution in [0, 0.1) is 0 Å². The standard InChI is InChI=1S/C35H38ClN3O4/c1-3-28-32(29(39-38-28)17-7-5-6-10-21-40)31-27(36)20-19-26-25(34(37-33(26)31)35(41)42-4-2)16-12-22-43-30-18-11-14-23-13-8-9-15-24(23)30/h7-9,11,13-15,17-20,37,40H,3-6,10,12,16,21-22H2,1-2H3,(H,38,39)/b17-7-. The first kappa shape index (κ1) is 30.4. The third-order valence-corrected chi connectivity index (χ3v) is 7.93. The van der Waals surface area contributed by atoms with Gasteiger partial charge in [0.15, 0.2) is 0 Å². The fraction of sp³-hybridized carbons (Fsp3) is 0.314. The van der Waals surface area contributed by atoms with Crippen LogP contribution in [0.1, 0.15) is 67.0 Å². The number of allylic oxidation sites excluding steroid dienone is 1. The van der Waals surface area contributed by atoms with E-state index in [9.17, 15) is 4.79 Å². The van der Waals surface area contributed by atoms with Crippen molar-refractivity contribution in [1.29, 1.82) is 0 Å². The van der Waals surface area contributed by atoms with Gasteiger partial charge in [-0.2, -0.15) is 5.10 Å². The second-order valence-corrected chi connectivity index (χ2v) is 10.8. The molecule has 8 heteroatoms. The molecule has 0 aliphatic carbocycles. The molecule has 7 nitrogen and oxygen atoms in total. The van der Waals surface area contributed by atoms with Crippen molar-refractivity contribution in [3.63, 3.8) is 0 Å². The van der Waals surface area contributed by atoms with Crippen molar-refractivity contribution in [2.75, 3.05) is 19.8 Å². The fourth-order valence-corrected chi connectivity index (χ4v) is 5.80. The number of aliphatic hydroxyl groups is 1. The zero-order chi connectivity index (χ0) is 30.2. The molecule has 0 spiro atoms. The molecule has 0 amide bonds. The van der Waals surface area contributed by atoms with E-state index in [2.05, 4.69) is 46.4 Å². The molecule has 224 valence electrons. The third kappa shape index (κ3) is 6.63. The lowest BCUT2D eigenvalue weighted by Gasteiger charge is -2.10. The first-order valence-electron chi connectivity index (χ1n) is 15.0. The van der Waals surface area contributed by atoms with Crippen LogP contribution in [0.3, 0.4) is 0 Å². The summed E-state index contributed by atoms with van der Waals surface area (Å²) in [4.78, 5) is 16.6. The van der Waals surface area contributed by atoms with E-state index in [4.69, 9.17) is 26.2 Å². The number of aryl methyl sites for hydroxylation is 2. The van der Waals surface area contributed by atoms with Gasteiger partial charge in [0.1, 0.15) is 11.4 Å². The molecule has 0 atom stereocenters. The Morgan fingerprint density at radius 3 is 2.65 bits per heavy atom. The summed E-state index contributed by atoms with van der Waals surface area (Å²) >= 11 is 6.89. The van der Waals surface area contributed by atoms with Crippen LogP contribution in [0.5, 0.6) is 5.75 Å². The number of nitrogens with zero attached hydrogens (tertiary/aromatic N) is 1. The van der Waals surface area contributed by atoms with Crippen molar-refractivity contribution < 1.29 is 19.4 Å². The highest BCUT2D eigenvalue weighted by Crippen LogP contribution is 2.41. The average molecular weight is 600 g/mol. The van der Waals surface area contributed by atoms with Crippen LogP contribution >= 0.6 is 11.6 Å². The molecule has 0 aliphatic rings. The topological polar surface area (TPSA) is 100 Å². The fourth-order valence-electron chi connectivity index (χ4n) is 5.55. The highest BCUT2D eigenvalue weighted by molar-refractivity contribution is 6.35. The largest absolute Gasteiger partial charge is 0.493 e. The van der Waals surface area contributed by atoms with Gasteiger partial charge in [-0.25, -0.2) is 4.79 Å². The third-order valence-electron chi connectivity index (χ3n) is 7.62. The summed E-state index contributed by atoms with van der Waals surface area (Å²) in [5, 5.41) is 20.6. The summed E-state index contributed by atoms with van der Waals surface area (Å²) in [6.45, 7) is 4.83. The van der Waals surface area contributed by atoms with Gasteiger partial charge in [0.05, 0.1) is 29.4 Å². The normalized spacial score (nSPS) is 11.6. The number of aromatic amines is 2. The molecule has 5 aromatic rings. The SMILES string of the molecule is CCOC(=O)c1[nH]c2c(-c3c(/C=C\CCCCO)n[nH]c3CC)c(Cl)ccc2c1CCCOc1cccc2ccccc12. The lowest BCUT2D eigenvalue weighted by Crippen LogP contribution is -2.09. The molecule has 0 radical (unpaired) electrons. The van der Waals surface area contributed by atoms with Crippen LogP contribution in [0.15, 0.2) is 60.7 Å². The van der Waals surface area contributed by atoms with Crippen LogP contribution in [0.25, 0.3) is 38.9 Å². The number of esters is 1. The van der Waals surface area contributed by atoms with E-state index in [1.54, 1.807) is 6.92 Å². The second-order valence-electron chi connectivity index (χ2n) is 10.4. The van der Waals surface area contributed by atoms with Crippen LogP contribution in [0.2, 0.25) is 5.02 Å². The van der Waals surface area contributed by atoms with Crippen LogP contribution in [0.4, 0.5) is 0 Å². The molecule has 0 aliphatic heterocycles. The number of hydrogen-bond acceptors (Lipinski definition) is 5. The van der Waals surface area contributed by atoms with Crippen molar-refractivity contribution in [1.82, 2.24) is 15.2 Å². The predicted octanol–water partition coefficient (Wildman–Crippen LogP) is 8.29. The number of halogens is 1. The molecule has 2 heterocycles. The minimum absolute atomic E-state index is 0.187. The second kappa shape index (κ2) is 14.4. The van der Waals surface area contributed by atoms with Gasteiger partial charge in [-0.3, -0.25) is 5.10 Å². The Labute approximate surface area is 256 Å². The minimum atomic E-state index is -0.391. The zero-order valence-corrected chi connectivity index (χ0v) is 25.5. The molecule has 3 aromatic carbocycles. The van der Waals surface area contributed by atoms with E-state index in [1.807, 2.05) is 42.5 Å². The molecule has 3 N–H and O–H groups in total. The van der Waals surface area contributed by atoms with Crippen molar-refractivity contribution in [3.8, 4) is 16.9 Å². The Morgan fingerprint density at radius 2 is 1.84 bits per heavy atom. The Kier molecular flexibility index (Phi) is 10.2. The Balaban J connectivity index is 1.48. The summed E-state index contributed by atoms with van der Waals surface area (Å²) in [5.41, 5.74) is 5.58. The number of carbonyl (C=O) groups excluding carboxylic acids is 1. The highest BCUT2D eigenvalue weighted by Gasteiger charge is 2.25. The summed E-state index contributed by atoms with van der Waals surface area (Å²) in [6, 6.07) is 18.1. The number of nitrogens with one attached hydrogen (secondary N) is 2. The van der Waals surface area contributed by atoms with E-state index < -0.39 is 5.97 Å². The van der Waals surface area contributed by atoms with E-state index in [0.29, 0.717) is 30.2 Å². The molecule has 0 unspecified atom stereocenters. The maximum Gasteiger partial charge on any atom is 0.355 e. The number of fused-ring (bicyclic) bond motifs is 2. The van der Waals surface area contributed by atoms with Crippen LogP contribution in [-0.4, -0.2) is 46.1 Å². The van der Waals surface area contributed by atoms with Crippen molar-refractivity contribution in [3.05, 3.63) is 88.3 Å². The first-order chi connectivity index (χ1) is 21.1. The lowest BCUT2D eigenvalue weighted by atomic mass is 9.97. The molecular formula is C35H38ClN3O4. The number of rotatable bonds is 14. The van der Waals surface area contributed by atoms with Crippen molar-refractivity contribution >= 4 is 45.3 Å². The highest BCUT2D eigenvalue weighted by atomic mass is 35.5. The molecule has 0 fully saturated rings. The minimum Gasteiger partial charge on any atom is -0.493 e. The van der Waals surface area contributed by atoms with Gasteiger partial charge in [-0.1, -0.05) is 67.1 Å². The molecule has 0 bridgehead atoms. The number of benzene rings is 3. The molecule has 2 aromatic heterocycles. The number of aliphatic hydroxyl groups excluding tert-OH is 1. The number of carbonyl (C=O) groups is 1.